The van der Waals surface area contributed by atoms with Gasteiger partial charge >= 0.3 is 71.6 Å². The van der Waals surface area contributed by atoms with Gasteiger partial charge in [0.1, 0.15) is 49.3 Å². The van der Waals surface area contributed by atoms with Crippen LogP contribution in [0.3, 0.4) is 0 Å². The highest BCUT2D eigenvalue weighted by atomic mass is 16.8. The zero-order valence-electron chi connectivity index (χ0n) is 51.5. The lowest BCUT2D eigenvalue weighted by Crippen LogP contribution is -2.65. The molecule has 2 aliphatic heterocycles. The van der Waals surface area contributed by atoms with Gasteiger partial charge in [0.15, 0.2) is 42.0 Å². The maximum atomic E-state index is 14.3. The lowest BCUT2D eigenvalue weighted by molar-refractivity contribution is -0.384. The molecule has 4 aromatic rings. The van der Waals surface area contributed by atoms with Gasteiger partial charge in [0.25, 0.3) is 0 Å². The second-order valence-electron chi connectivity index (χ2n) is 20.0. The Kier molecular flexibility index (Phi) is 25.9. The first kappa shape index (κ1) is 71.2. The summed E-state index contributed by atoms with van der Waals surface area (Å²) in [7, 11) is 1.32. The lowest BCUT2D eigenvalue weighted by atomic mass is 9.97. The normalized spacial score (nSPS) is 20.8. The maximum Gasteiger partial charge on any atom is 0.331 e. The van der Waals surface area contributed by atoms with Gasteiger partial charge in [0, 0.05) is 79.7 Å². The Morgan fingerprint density at radius 3 is 1.23 bits per heavy atom. The average Bonchev–Trinajstić information content (AvgIpc) is 1.65. The Morgan fingerprint density at radius 1 is 0.398 bits per heavy atom. The number of hydrogen-bond acceptors (Lipinski definition) is 28. The van der Waals surface area contributed by atoms with Crippen LogP contribution >= 0.6 is 0 Å². The highest BCUT2D eigenvalue weighted by molar-refractivity contribution is 5.89. The second kappa shape index (κ2) is 33.8. The van der Waals surface area contributed by atoms with E-state index in [1.165, 1.54) is 150 Å². The summed E-state index contributed by atoms with van der Waals surface area (Å²) >= 11 is 0. The molecular weight excluding hydrogens is 1230 g/mol. The van der Waals surface area contributed by atoms with Crippen molar-refractivity contribution in [3.8, 4) is 28.7 Å². The molecule has 2 heterocycles. The minimum absolute atomic E-state index is 0.0816. The van der Waals surface area contributed by atoms with Crippen LogP contribution in [-0.2, 0) is 110 Å². The van der Waals surface area contributed by atoms with E-state index >= 15 is 0 Å². The zero-order valence-corrected chi connectivity index (χ0v) is 51.5. The topological polar surface area (TPSA) is 353 Å². The van der Waals surface area contributed by atoms with Gasteiger partial charge in [-0.05, 0) is 95.1 Å². The van der Waals surface area contributed by atoms with Gasteiger partial charge in [-0.15, -0.1) is 0 Å². The molecule has 0 aliphatic carbocycles. The minimum Gasteiger partial charge on any atom is -0.493 e. The predicted octanol–water partition coefficient (Wildman–Crippen LogP) is 5.65. The molecule has 0 spiro atoms. The summed E-state index contributed by atoms with van der Waals surface area (Å²) in [4.78, 5) is 154. The highest BCUT2D eigenvalue weighted by Gasteiger charge is 2.65. The third-order valence-corrected chi connectivity index (χ3v) is 12.5. The molecular formula is C65H64O28. The van der Waals surface area contributed by atoms with Crippen LogP contribution in [0.5, 0.6) is 28.7 Å². The van der Waals surface area contributed by atoms with Gasteiger partial charge in [0.05, 0.1) is 7.11 Å². The smallest absolute Gasteiger partial charge is 0.331 e. The maximum absolute atomic E-state index is 14.3. The molecule has 2 fully saturated rings. The molecule has 0 bridgehead atoms. The first-order valence-electron chi connectivity index (χ1n) is 28.0. The van der Waals surface area contributed by atoms with E-state index in [0.29, 0.717) is 22.3 Å². The number of carbonyl (C=O) groups is 12. The Morgan fingerprint density at radius 2 is 0.785 bits per heavy atom. The zero-order chi connectivity index (χ0) is 67.9. The van der Waals surface area contributed by atoms with Crippen molar-refractivity contribution in [1.29, 1.82) is 0 Å². The molecule has 6 rings (SSSR count). The van der Waals surface area contributed by atoms with E-state index in [-0.39, 0.29) is 28.7 Å². The first-order chi connectivity index (χ1) is 44.2. The van der Waals surface area contributed by atoms with Crippen LogP contribution in [0, 0.1) is 0 Å². The fraction of sp³-hybridized carbons (Fsp3) is 0.323. The van der Waals surface area contributed by atoms with Crippen LogP contribution in [0.25, 0.3) is 24.3 Å². The van der Waals surface area contributed by atoms with Crippen LogP contribution in [0.15, 0.2) is 115 Å². The summed E-state index contributed by atoms with van der Waals surface area (Å²) in [6.45, 7) is 5.61. The largest absolute Gasteiger partial charge is 0.493 e. The Bertz CT molecular complexity index is 3530. The van der Waals surface area contributed by atoms with E-state index in [2.05, 4.69) is 0 Å². The van der Waals surface area contributed by atoms with Crippen molar-refractivity contribution in [3.63, 3.8) is 0 Å². The molecule has 28 heteroatoms. The average molecular weight is 1290 g/mol. The van der Waals surface area contributed by atoms with Crippen molar-refractivity contribution in [2.24, 2.45) is 0 Å². The number of methoxy groups -OCH3 is 1. The molecule has 0 radical (unpaired) electrons. The van der Waals surface area contributed by atoms with Gasteiger partial charge in [-0.25, -0.2) is 19.2 Å². The van der Waals surface area contributed by atoms with Gasteiger partial charge in [-0.3, -0.25) is 38.4 Å². The molecule has 2 saturated heterocycles. The Hall–Kier alpha value is -10.8. The van der Waals surface area contributed by atoms with E-state index in [4.69, 9.17) is 75.8 Å². The summed E-state index contributed by atoms with van der Waals surface area (Å²) in [5, 5.41) is 0. The molecule has 0 N–H and O–H groups in total. The molecule has 4 aromatic carbocycles. The van der Waals surface area contributed by atoms with Crippen molar-refractivity contribution in [2.45, 2.75) is 110 Å². The minimum atomic E-state index is -2.92. The van der Waals surface area contributed by atoms with E-state index < -0.39 is 146 Å². The predicted molar refractivity (Wildman–Crippen MR) is 316 cm³/mol. The molecule has 93 heavy (non-hydrogen) atoms. The highest BCUT2D eigenvalue weighted by Crippen LogP contribution is 2.42. The molecule has 0 saturated carbocycles. The van der Waals surface area contributed by atoms with Crippen molar-refractivity contribution in [3.05, 3.63) is 138 Å². The molecule has 28 nitrogen and oxygen atoms in total. The second-order valence-corrected chi connectivity index (χ2v) is 20.0. The van der Waals surface area contributed by atoms with Gasteiger partial charge in [0.2, 0.25) is 12.1 Å². The van der Waals surface area contributed by atoms with E-state index in [0.717, 1.165) is 52.0 Å². The third kappa shape index (κ3) is 22.6. The van der Waals surface area contributed by atoms with Crippen molar-refractivity contribution in [1.82, 2.24) is 0 Å². The molecule has 0 aromatic heterocycles. The van der Waals surface area contributed by atoms with E-state index in [1.807, 2.05) is 0 Å². The fourth-order valence-electron chi connectivity index (χ4n) is 8.91. The van der Waals surface area contributed by atoms with Gasteiger partial charge in [-0.2, -0.15) is 0 Å². The molecule has 9 atom stereocenters. The number of rotatable bonds is 26. The molecule has 2 aliphatic rings. The van der Waals surface area contributed by atoms with Crippen LogP contribution < -0.4 is 23.7 Å². The van der Waals surface area contributed by atoms with Crippen molar-refractivity contribution in [2.75, 3.05) is 26.9 Å². The van der Waals surface area contributed by atoms with Crippen LogP contribution in [0.4, 0.5) is 0 Å². The van der Waals surface area contributed by atoms with E-state index in [9.17, 15) is 57.5 Å². The number of hydrogen-bond donors (Lipinski definition) is 0. The van der Waals surface area contributed by atoms with Crippen molar-refractivity contribution >= 4 is 95.9 Å². The molecule has 0 unspecified atom stereocenters. The summed E-state index contributed by atoms with van der Waals surface area (Å²) in [6.07, 6.45) is -6.79. The monoisotopic (exact) mass is 1290 g/mol. The molecule has 0 amide bonds. The first-order valence-corrected chi connectivity index (χ1v) is 28.0. The lowest BCUT2D eigenvalue weighted by Gasteiger charge is -2.46. The van der Waals surface area contributed by atoms with Crippen LogP contribution in [0.1, 0.15) is 77.6 Å². The fourth-order valence-corrected chi connectivity index (χ4v) is 8.91. The van der Waals surface area contributed by atoms with E-state index in [1.54, 1.807) is 0 Å². The summed E-state index contributed by atoms with van der Waals surface area (Å²) < 4.78 is 91.1. The Balaban J connectivity index is 1.46. The van der Waals surface area contributed by atoms with Crippen LogP contribution in [0.2, 0.25) is 0 Å². The summed E-state index contributed by atoms with van der Waals surface area (Å²) in [6, 6.07) is 21.9. The number of ether oxygens (including phenoxy) is 16. The Labute approximate surface area is 531 Å². The quantitative estimate of drug-likeness (QED) is 0.0317. The van der Waals surface area contributed by atoms with Crippen LogP contribution in [-0.4, -0.2) is 153 Å². The molecule has 492 valence electrons. The standard InChI is InChI=1S/C65H64O28/c1-36(66)82-48-21-10-44(11-22-48)17-28-55(74)80-34-54-60(87-41(6)71)63(91-58(77)31-19-46-14-25-50(26-15-46)84-38(3)68)65(92-54,35-81-57(76)29-18-45-12-23-49(24-13-45)83-37(2)67)93-64-62(89-43(8)73)61(88-42(7)72)59(86-40(5)70)53(90-64)33-79-56(75)30-20-47-16-27-51(85-39(4)69)52(32-47)78-9/h10-32,53-54,59-64H,33-35H2,1-9H3/b28-17+,29-18+,30-20+,31-19+/t53-,54-,59-,60-,61+,62-,63+,64-,65+/m1/s1. The van der Waals surface area contributed by atoms with Gasteiger partial charge in [-0.1, -0.05) is 42.5 Å². The third-order valence-electron chi connectivity index (χ3n) is 12.5. The van der Waals surface area contributed by atoms with Gasteiger partial charge < -0.3 is 75.8 Å². The number of carbonyl (C=O) groups excluding carboxylic acids is 12. The number of benzene rings is 4. The summed E-state index contributed by atoms with van der Waals surface area (Å²) in [5.74, 6) is -13.3. The summed E-state index contributed by atoms with van der Waals surface area (Å²) in [5.41, 5.74) is 1.52. The SMILES string of the molecule is COc1cc(/C=C/C(=O)OC[C@H]2O[C@H](O[C@]3(COC(=O)/C=C/c4ccc(OC(C)=O)cc4)O[C@H](COC(=O)/C=C/c4ccc(OC(C)=O)cc4)[C@@H](OC(C)=O)[C@@H]3OC(=O)/C=C/c3ccc(OC(C)=O)cc3)[C@H](OC(C)=O)[C@@H](OC(C)=O)[C@@H]2OC(C)=O)ccc1OC(C)=O. The number of esters is 12. The van der Waals surface area contributed by atoms with Crippen molar-refractivity contribution < 1.29 is 133 Å².